The molecule has 1 fully saturated rings. The molecule has 2 atom stereocenters. The van der Waals surface area contributed by atoms with E-state index >= 15 is 0 Å². The Morgan fingerprint density at radius 1 is 1.03 bits per heavy atom. The van der Waals surface area contributed by atoms with Gasteiger partial charge >= 0.3 is 0 Å². The van der Waals surface area contributed by atoms with Gasteiger partial charge in [0, 0.05) is 18.3 Å². The van der Waals surface area contributed by atoms with Crippen LogP contribution in [0.4, 0.5) is 11.5 Å². The molecule has 3 amide bonds. The van der Waals surface area contributed by atoms with Crippen LogP contribution < -0.4 is 20.9 Å². The molecule has 0 saturated heterocycles. The second kappa shape index (κ2) is 13.0. The summed E-state index contributed by atoms with van der Waals surface area (Å²) in [5.41, 5.74) is 1.52. The molecule has 1 aliphatic carbocycles. The number of amides is 3. The van der Waals surface area contributed by atoms with Crippen molar-refractivity contribution in [2.24, 2.45) is 5.92 Å². The molecule has 1 aliphatic heterocycles. The first-order chi connectivity index (χ1) is 17.1. The highest BCUT2D eigenvalue weighted by atomic mass is 16.2. The van der Waals surface area contributed by atoms with Crippen LogP contribution in [-0.2, 0) is 20.8 Å². The van der Waals surface area contributed by atoms with E-state index in [1.807, 2.05) is 56.3 Å². The molecule has 0 spiro atoms. The minimum Gasteiger partial charge on any atom is -0.343 e. The number of para-hydroxylation sites is 1. The summed E-state index contributed by atoms with van der Waals surface area (Å²) >= 11 is 0. The number of aromatic nitrogens is 1. The highest BCUT2D eigenvalue weighted by Crippen LogP contribution is 2.34. The first-order valence-electron chi connectivity index (χ1n) is 12.7. The molecule has 4 rings (SSSR count). The molecule has 2 aromatic rings. The maximum atomic E-state index is 14.0. The van der Waals surface area contributed by atoms with E-state index in [4.69, 9.17) is 0 Å². The first kappa shape index (κ1) is 26.3. The van der Waals surface area contributed by atoms with Gasteiger partial charge in [-0.25, -0.2) is 4.98 Å². The van der Waals surface area contributed by atoms with Crippen LogP contribution in [0.3, 0.4) is 0 Å². The second-order valence-electron chi connectivity index (χ2n) is 8.74. The lowest BCUT2D eigenvalue weighted by Crippen LogP contribution is -2.57. The van der Waals surface area contributed by atoms with Crippen LogP contribution in [0.5, 0.6) is 0 Å². The largest absolute Gasteiger partial charge is 0.343 e. The molecule has 1 saturated carbocycles. The van der Waals surface area contributed by atoms with Crippen molar-refractivity contribution >= 4 is 29.2 Å². The molecule has 3 N–H and O–H groups in total. The standard InChI is InChI=1S/C25H31N5O3.C2H6/c1-26-16-21(31)29-22(17-9-4-2-5-10-17)25(33)30-20(15-18-11-8-14-27-23(18)30)24(32)28-19-12-6-3-7-13-19;1-2/h3,6-8,11-14,17,20,22,26H,2,4-5,9-10,15-16H2,1H3,(H,28,32)(H,29,31);1-2H3. The second-order valence-corrected chi connectivity index (χ2v) is 8.74. The number of nitrogens with one attached hydrogen (secondary N) is 3. The normalized spacial score (nSPS) is 18.0. The van der Waals surface area contributed by atoms with E-state index in [1.165, 1.54) is 4.90 Å². The quantitative estimate of drug-likeness (QED) is 0.565. The summed E-state index contributed by atoms with van der Waals surface area (Å²) in [7, 11) is 1.70. The minimum absolute atomic E-state index is 0.0395. The van der Waals surface area contributed by atoms with Gasteiger partial charge in [-0.1, -0.05) is 57.4 Å². The molecule has 0 radical (unpaired) electrons. The number of hydrogen-bond acceptors (Lipinski definition) is 5. The van der Waals surface area contributed by atoms with Crippen molar-refractivity contribution in [1.29, 1.82) is 0 Å². The Bertz CT molecular complexity index is 991. The number of anilines is 2. The highest BCUT2D eigenvalue weighted by molar-refractivity contribution is 6.09. The van der Waals surface area contributed by atoms with Crippen LogP contribution in [-0.4, -0.2) is 48.4 Å². The molecule has 1 aromatic heterocycles. The van der Waals surface area contributed by atoms with Crippen molar-refractivity contribution in [3.63, 3.8) is 0 Å². The molecule has 8 nitrogen and oxygen atoms in total. The van der Waals surface area contributed by atoms with Crippen molar-refractivity contribution in [1.82, 2.24) is 15.6 Å². The van der Waals surface area contributed by atoms with E-state index in [2.05, 4.69) is 20.9 Å². The van der Waals surface area contributed by atoms with Gasteiger partial charge in [0.05, 0.1) is 6.54 Å². The maximum Gasteiger partial charge on any atom is 0.251 e. The average molecular weight is 480 g/mol. The van der Waals surface area contributed by atoms with Crippen LogP contribution in [0.1, 0.15) is 51.5 Å². The molecule has 2 heterocycles. The summed E-state index contributed by atoms with van der Waals surface area (Å²) in [6.45, 7) is 4.13. The van der Waals surface area contributed by atoms with Crippen LogP contribution in [0.15, 0.2) is 48.7 Å². The zero-order valence-electron chi connectivity index (χ0n) is 20.9. The molecule has 2 aliphatic rings. The lowest BCUT2D eigenvalue weighted by atomic mass is 9.83. The van der Waals surface area contributed by atoms with E-state index in [1.54, 1.807) is 13.2 Å². The van der Waals surface area contributed by atoms with E-state index in [0.29, 0.717) is 17.9 Å². The third kappa shape index (κ3) is 6.45. The topological polar surface area (TPSA) is 103 Å². The van der Waals surface area contributed by atoms with Crippen molar-refractivity contribution in [2.45, 2.75) is 64.5 Å². The van der Waals surface area contributed by atoms with E-state index in [0.717, 1.165) is 37.7 Å². The molecular weight excluding hydrogens is 442 g/mol. The fraction of sp³-hybridized carbons (Fsp3) is 0.481. The Morgan fingerprint density at radius 2 is 1.74 bits per heavy atom. The van der Waals surface area contributed by atoms with Gasteiger partial charge in [0.25, 0.3) is 5.91 Å². The van der Waals surface area contributed by atoms with Gasteiger partial charge in [0.15, 0.2) is 0 Å². The Hall–Kier alpha value is -3.26. The van der Waals surface area contributed by atoms with Crippen LogP contribution >= 0.6 is 0 Å². The molecule has 0 bridgehead atoms. The van der Waals surface area contributed by atoms with Crippen LogP contribution in [0.2, 0.25) is 0 Å². The number of benzene rings is 1. The van der Waals surface area contributed by atoms with Crippen LogP contribution in [0, 0.1) is 5.92 Å². The number of carbonyl (C=O) groups excluding carboxylic acids is 3. The third-order valence-electron chi connectivity index (χ3n) is 6.44. The molecule has 2 unspecified atom stereocenters. The molecular formula is C27H37N5O3. The van der Waals surface area contributed by atoms with Crippen molar-refractivity contribution in [2.75, 3.05) is 23.8 Å². The van der Waals surface area contributed by atoms with Gasteiger partial charge in [-0.2, -0.15) is 0 Å². The Balaban J connectivity index is 0.00000167. The fourth-order valence-electron chi connectivity index (χ4n) is 4.85. The van der Waals surface area contributed by atoms with Gasteiger partial charge in [0.1, 0.15) is 17.9 Å². The summed E-state index contributed by atoms with van der Waals surface area (Å²) in [5, 5.41) is 8.72. The molecule has 8 heteroatoms. The number of rotatable bonds is 7. The zero-order valence-corrected chi connectivity index (χ0v) is 20.9. The van der Waals surface area contributed by atoms with Gasteiger partial charge < -0.3 is 16.0 Å². The van der Waals surface area contributed by atoms with E-state index < -0.39 is 12.1 Å². The maximum absolute atomic E-state index is 14.0. The SMILES string of the molecule is CC.CNCC(=O)NC(C(=O)N1c2ncccc2CC1C(=O)Nc1ccccc1)C1CCCCC1. The minimum atomic E-state index is -0.727. The van der Waals surface area contributed by atoms with Crippen molar-refractivity contribution < 1.29 is 14.4 Å². The zero-order chi connectivity index (χ0) is 25.2. The molecule has 188 valence electrons. The molecule has 1 aromatic carbocycles. The fourth-order valence-corrected chi connectivity index (χ4v) is 4.85. The Labute approximate surface area is 207 Å². The number of hydrogen-bond donors (Lipinski definition) is 3. The number of likely N-dealkylation sites (N-methyl/N-ethyl adjacent to an activating group) is 1. The number of nitrogens with zero attached hydrogens (tertiary/aromatic N) is 2. The highest BCUT2D eigenvalue weighted by Gasteiger charge is 2.44. The predicted octanol–water partition coefficient (Wildman–Crippen LogP) is 3.29. The van der Waals surface area contributed by atoms with Gasteiger partial charge in [-0.15, -0.1) is 0 Å². The van der Waals surface area contributed by atoms with Crippen molar-refractivity contribution in [3.8, 4) is 0 Å². The number of carbonyl (C=O) groups is 3. The third-order valence-corrected chi connectivity index (χ3v) is 6.44. The summed E-state index contributed by atoms with van der Waals surface area (Å²) in [5.74, 6) is -0.224. The summed E-state index contributed by atoms with van der Waals surface area (Å²) < 4.78 is 0. The average Bonchev–Trinajstić information content (AvgIpc) is 3.29. The molecule has 35 heavy (non-hydrogen) atoms. The monoisotopic (exact) mass is 479 g/mol. The summed E-state index contributed by atoms with van der Waals surface area (Å²) in [4.78, 5) is 45.7. The van der Waals surface area contributed by atoms with E-state index in [-0.39, 0.29) is 30.2 Å². The number of pyridine rings is 1. The lowest BCUT2D eigenvalue weighted by Gasteiger charge is -2.34. The summed E-state index contributed by atoms with van der Waals surface area (Å²) in [6, 6.07) is 11.5. The van der Waals surface area contributed by atoms with Crippen LogP contribution in [0.25, 0.3) is 0 Å². The Morgan fingerprint density at radius 3 is 2.43 bits per heavy atom. The van der Waals surface area contributed by atoms with Gasteiger partial charge in [0.2, 0.25) is 11.8 Å². The lowest BCUT2D eigenvalue weighted by molar-refractivity contribution is -0.129. The Kier molecular flexibility index (Phi) is 9.78. The predicted molar refractivity (Wildman–Crippen MR) is 138 cm³/mol. The smallest absolute Gasteiger partial charge is 0.251 e. The first-order valence-corrected chi connectivity index (χ1v) is 12.7. The summed E-state index contributed by atoms with van der Waals surface area (Å²) in [6.07, 6.45) is 6.96. The van der Waals surface area contributed by atoms with Gasteiger partial charge in [-0.05, 0) is 49.6 Å². The number of fused-ring (bicyclic) bond motifs is 1. The van der Waals surface area contributed by atoms with Crippen molar-refractivity contribution in [3.05, 3.63) is 54.2 Å². The van der Waals surface area contributed by atoms with E-state index in [9.17, 15) is 14.4 Å². The van der Waals surface area contributed by atoms with Gasteiger partial charge in [-0.3, -0.25) is 19.3 Å².